The van der Waals surface area contributed by atoms with Gasteiger partial charge in [0.05, 0.1) is 18.3 Å². The van der Waals surface area contributed by atoms with Gasteiger partial charge in [-0.3, -0.25) is 0 Å². The van der Waals surface area contributed by atoms with Crippen LogP contribution >= 0.6 is 0 Å². The van der Waals surface area contributed by atoms with Crippen LogP contribution in [-0.2, 0) is 4.74 Å². The molecule has 176 valence electrons. The third kappa shape index (κ3) is 3.58. The Hall–Kier alpha value is -0.340. The molecule has 1 N–H and O–H groups in total. The molecule has 0 aromatic rings. The van der Waals surface area contributed by atoms with Crippen molar-refractivity contribution in [2.24, 2.45) is 46.3 Å². The first-order valence-electron chi connectivity index (χ1n) is 13.7. The van der Waals surface area contributed by atoms with Gasteiger partial charge in [0.25, 0.3) is 0 Å². The highest BCUT2D eigenvalue weighted by molar-refractivity contribution is 5.25. The molecule has 4 fully saturated rings. The zero-order chi connectivity index (χ0) is 22.0. The highest BCUT2D eigenvalue weighted by Gasteiger charge is 2.59. The third-order valence-electron chi connectivity index (χ3n) is 11.8. The van der Waals surface area contributed by atoms with Gasteiger partial charge in [-0.15, -0.1) is 0 Å². The molecule has 1 aliphatic heterocycles. The first-order valence-corrected chi connectivity index (χ1v) is 13.7. The smallest absolute Gasteiger partial charge is 0.0916 e. The number of rotatable bonds is 6. The molecular formula is C29H48O2. The average Bonchev–Trinajstić information content (AvgIpc) is 3.37. The van der Waals surface area contributed by atoms with E-state index in [1.807, 2.05) is 0 Å². The number of hydrogen-bond donors (Lipinski definition) is 1. The van der Waals surface area contributed by atoms with E-state index in [1.54, 1.807) is 5.57 Å². The monoisotopic (exact) mass is 428 g/mol. The summed E-state index contributed by atoms with van der Waals surface area (Å²) >= 11 is 0. The zero-order valence-corrected chi connectivity index (χ0v) is 21.0. The highest BCUT2D eigenvalue weighted by Crippen LogP contribution is 2.67. The van der Waals surface area contributed by atoms with Crippen LogP contribution in [0.2, 0.25) is 0 Å². The minimum atomic E-state index is -0.0864. The molecule has 0 radical (unpaired) electrons. The van der Waals surface area contributed by atoms with E-state index in [0.717, 1.165) is 55.0 Å². The second kappa shape index (κ2) is 7.86. The Morgan fingerprint density at radius 1 is 1.06 bits per heavy atom. The van der Waals surface area contributed by atoms with E-state index in [0.29, 0.717) is 10.8 Å². The number of hydrogen-bond acceptors (Lipinski definition) is 2. The second-order valence-electron chi connectivity index (χ2n) is 13.1. The van der Waals surface area contributed by atoms with E-state index in [9.17, 15) is 5.11 Å². The van der Waals surface area contributed by atoms with Crippen molar-refractivity contribution in [2.45, 2.75) is 117 Å². The lowest BCUT2D eigenvalue weighted by atomic mass is 9.47. The molecule has 5 rings (SSSR count). The summed E-state index contributed by atoms with van der Waals surface area (Å²) in [4.78, 5) is 0. The van der Waals surface area contributed by atoms with Gasteiger partial charge in [-0.2, -0.15) is 0 Å². The van der Waals surface area contributed by atoms with E-state index in [2.05, 4.69) is 40.7 Å². The fraction of sp³-hybridized carbons (Fsp3) is 0.931. The van der Waals surface area contributed by atoms with E-state index in [4.69, 9.17) is 4.74 Å². The fourth-order valence-electron chi connectivity index (χ4n) is 9.57. The normalized spacial score (nSPS) is 50.6. The predicted molar refractivity (Wildman–Crippen MR) is 128 cm³/mol. The van der Waals surface area contributed by atoms with Gasteiger partial charge in [-0.05, 0) is 111 Å². The number of allylic oxidation sites excluding steroid dienone is 1. The molecule has 3 unspecified atom stereocenters. The lowest BCUT2D eigenvalue weighted by Crippen LogP contribution is -2.50. The maximum absolute atomic E-state index is 10.3. The van der Waals surface area contributed by atoms with Crippen LogP contribution in [-0.4, -0.2) is 23.4 Å². The molecule has 0 spiro atoms. The molecule has 0 amide bonds. The van der Waals surface area contributed by atoms with Crippen molar-refractivity contribution in [2.75, 3.05) is 6.61 Å². The van der Waals surface area contributed by atoms with Gasteiger partial charge in [0, 0.05) is 0 Å². The Balaban J connectivity index is 1.29. The molecule has 0 bridgehead atoms. The molecule has 5 aliphatic rings. The highest BCUT2D eigenvalue weighted by atomic mass is 16.6. The van der Waals surface area contributed by atoms with Gasteiger partial charge < -0.3 is 9.84 Å². The molecule has 3 saturated carbocycles. The van der Waals surface area contributed by atoms with Crippen LogP contribution < -0.4 is 0 Å². The van der Waals surface area contributed by atoms with Crippen LogP contribution in [0.3, 0.4) is 0 Å². The van der Waals surface area contributed by atoms with Crippen molar-refractivity contribution in [1.29, 1.82) is 0 Å². The largest absolute Gasteiger partial charge is 0.393 e. The van der Waals surface area contributed by atoms with Crippen LogP contribution in [0.5, 0.6) is 0 Å². The van der Waals surface area contributed by atoms with E-state index in [-0.39, 0.29) is 11.7 Å². The van der Waals surface area contributed by atoms with Crippen LogP contribution in [0.15, 0.2) is 11.6 Å². The molecule has 2 nitrogen and oxygen atoms in total. The van der Waals surface area contributed by atoms with Gasteiger partial charge in [0.1, 0.15) is 0 Å². The average molecular weight is 429 g/mol. The van der Waals surface area contributed by atoms with Gasteiger partial charge in [-0.1, -0.05) is 52.2 Å². The zero-order valence-electron chi connectivity index (χ0n) is 21.0. The van der Waals surface area contributed by atoms with Crippen molar-refractivity contribution in [3.05, 3.63) is 11.6 Å². The molecule has 0 aromatic carbocycles. The third-order valence-corrected chi connectivity index (χ3v) is 11.8. The summed E-state index contributed by atoms with van der Waals surface area (Å²) < 4.78 is 5.81. The molecule has 1 saturated heterocycles. The van der Waals surface area contributed by atoms with E-state index < -0.39 is 0 Å². The first-order chi connectivity index (χ1) is 14.7. The molecule has 2 heteroatoms. The van der Waals surface area contributed by atoms with Crippen molar-refractivity contribution < 1.29 is 9.84 Å². The summed E-state index contributed by atoms with van der Waals surface area (Å²) in [5.41, 5.74) is 2.74. The Morgan fingerprint density at radius 3 is 2.55 bits per heavy atom. The Morgan fingerprint density at radius 2 is 1.84 bits per heavy atom. The maximum atomic E-state index is 10.3. The van der Waals surface area contributed by atoms with Crippen LogP contribution in [0.25, 0.3) is 0 Å². The van der Waals surface area contributed by atoms with Gasteiger partial charge >= 0.3 is 0 Å². The Labute approximate surface area is 191 Å². The number of aliphatic hydroxyl groups is 1. The van der Waals surface area contributed by atoms with Gasteiger partial charge in [0.2, 0.25) is 0 Å². The molecule has 1 heterocycles. The second-order valence-corrected chi connectivity index (χ2v) is 13.1. The first kappa shape index (κ1) is 22.5. The Bertz CT molecular complexity index is 708. The lowest BCUT2D eigenvalue weighted by molar-refractivity contribution is -0.0575. The minimum Gasteiger partial charge on any atom is -0.393 e. The van der Waals surface area contributed by atoms with E-state index >= 15 is 0 Å². The number of epoxide rings is 1. The van der Waals surface area contributed by atoms with Gasteiger partial charge in [0.15, 0.2) is 0 Å². The van der Waals surface area contributed by atoms with Crippen LogP contribution in [0.1, 0.15) is 105 Å². The molecule has 31 heavy (non-hydrogen) atoms. The van der Waals surface area contributed by atoms with Crippen molar-refractivity contribution in [3.8, 4) is 0 Å². The summed E-state index contributed by atoms with van der Waals surface area (Å²) in [6.45, 7) is 13.5. The number of ether oxygens (including phenoxy) is 1. The van der Waals surface area contributed by atoms with E-state index in [1.165, 1.54) is 57.8 Å². The molecular weight excluding hydrogens is 380 g/mol. The molecule has 4 aliphatic carbocycles. The van der Waals surface area contributed by atoms with Crippen molar-refractivity contribution >= 4 is 0 Å². The van der Waals surface area contributed by atoms with Crippen molar-refractivity contribution in [3.63, 3.8) is 0 Å². The summed E-state index contributed by atoms with van der Waals surface area (Å²) in [6.07, 6.45) is 16.8. The minimum absolute atomic E-state index is 0.0864. The standard InChI is InChI=1S/C29H48O2/c1-6-20(29(5)18-31-29)8-7-19(2)24-11-12-25-23-10-9-21-17-22(30)13-15-27(21,3)26(23)14-16-28(24,25)4/h9,19-20,22-26,30H,6-8,10-18H2,1-5H3/t19-,20-,22+,23?,24-,25?,26?,27+,28-,29-/m1/s1. The van der Waals surface area contributed by atoms with Crippen LogP contribution in [0, 0.1) is 46.3 Å². The van der Waals surface area contributed by atoms with Gasteiger partial charge in [-0.25, -0.2) is 0 Å². The fourth-order valence-corrected chi connectivity index (χ4v) is 9.57. The summed E-state index contributed by atoms with van der Waals surface area (Å²) in [7, 11) is 0. The SMILES string of the molecule is CC[C@H](CC[C@@H](C)[C@H]1CCC2C3CC=C4C[C@@H](O)CC[C@]4(C)C3CC[C@@]21C)[C@@]1(C)CO1. The number of fused-ring (bicyclic) bond motifs is 5. The predicted octanol–water partition coefficient (Wildman–Crippen LogP) is 7.16. The van der Waals surface area contributed by atoms with Crippen LogP contribution in [0.4, 0.5) is 0 Å². The molecule has 0 aromatic heterocycles. The number of aliphatic hydroxyl groups excluding tert-OH is 1. The lowest BCUT2D eigenvalue weighted by Gasteiger charge is -2.58. The quantitative estimate of drug-likeness (QED) is 0.360. The summed E-state index contributed by atoms with van der Waals surface area (Å²) in [5.74, 6) is 5.18. The summed E-state index contributed by atoms with van der Waals surface area (Å²) in [5, 5.41) is 10.3. The topological polar surface area (TPSA) is 32.8 Å². The Kier molecular flexibility index (Phi) is 5.70. The maximum Gasteiger partial charge on any atom is 0.0916 e. The molecule has 10 atom stereocenters. The van der Waals surface area contributed by atoms with Crippen molar-refractivity contribution in [1.82, 2.24) is 0 Å². The summed E-state index contributed by atoms with van der Waals surface area (Å²) in [6, 6.07) is 0.